The highest BCUT2D eigenvalue weighted by atomic mass is 79.9. The van der Waals surface area contributed by atoms with Crippen LogP contribution in [0.2, 0.25) is 0 Å². The van der Waals surface area contributed by atoms with Gasteiger partial charge in [-0.2, -0.15) is 5.10 Å². The van der Waals surface area contributed by atoms with E-state index in [0.717, 1.165) is 25.0 Å². The molecule has 0 bridgehead atoms. The van der Waals surface area contributed by atoms with E-state index >= 15 is 0 Å². The lowest BCUT2D eigenvalue weighted by molar-refractivity contribution is 0.497. The van der Waals surface area contributed by atoms with Crippen LogP contribution in [-0.4, -0.2) is 15.8 Å². The molecule has 0 aromatic carbocycles. The SMILES string of the molecule is CCCCn1ncc(NC(C)Cc2ccco2)c(Br)c1=O. The van der Waals surface area contributed by atoms with Crippen molar-refractivity contribution in [2.45, 2.75) is 45.7 Å². The van der Waals surface area contributed by atoms with Crippen LogP contribution in [0.1, 0.15) is 32.4 Å². The fourth-order valence-corrected chi connectivity index (χ4v) is 2.50. The topological polar surface area (TPSA) is 60.1 Å². The van der Waals surface area contributed by atoms with Gasteiger partial charge in [0.25, 0.3) is 5.56 Å². The van der Waals surface area contributed by atoms with Crippen LogP contribution in [0.5, 0.6) is 0 Å². The van der Waals surface area contributed by atoms with Gasteiger partial charge in [-0.1, -0.05) is 13.3 Å². The van der Waals surface area contributed by atoms with Gasteiger partial charge < -0.3 is 9.73 Å². The predicted octanol–water partition coefficient (Wildman–Crippen LogP) is 3.44. The minimum Gasteiger partial charge on any atom is -0.469 e. The second kappa shape index (κ2) is 7.45. The molecule has 5 nitrogen and oxygen atoms in total. The second-order valence-corrected chi connectivity index (χ2v) is 5.88. The Labute approximate surface area is 132 Å². The molecule has 1 atom stereocenters. The van der Waals surface area contributed by atoms with E-state index in [2.05, 4.69) is 33.3 Å². The Kier molecular flexibility index (Phi) is 5.61. The molecule has 0 saturated heterocycles. The number of anilines is 1. The number of unbranched alkanes of at least 4 members (excludes halogenated alkanes) is 1. The van der Waals surface area contributed by atoms with Gasteiger partial charge in [0.05, 0.1) is 18.1 Å². The maximum Gasteiger partial charge on any atom is 0.283 e. The highest BCUT2D eigenvalue weighted by Crippen LogP contribution is 2.18. The Bertz CT molecular complexity index is 622. The zero-order valence-electron chi connectivity index (χ0n) is 12.3. The molecule has 0 radical (unpaired) electrons. The maximum atomic E-state index is 12.2. The Morgan fingerprint density at radius 3 is 3.00 bits per heavy atom. The van der Waals surface area contributed by atoms with Gasteiger partial charge in [0, 0.05) is 19.0 Å². The molecule has 21 heavy (non-hydrogen) atoms. The van der Waals surface area contributed by atoms with Crippen LogP contribution >= 0.6 is 15.9 Å². The highest BCUT2D eigenvalue weighted by molar-refractivity contribution is 9.10. The molecule has 0 fully saturated rings. The van der Waals surface area contributed by atoms with Crippen molar-refractivity contribution in [3.05, 3.63) is 45.2 Å². The third kappa shape index (κ3) is 4.20. The summed E-state index contributed by atoms with van der Waals surface area (Å²) in [5, 5.41) is 7.50. The summed E-state index contributed by atoms with van der Waals surface area (Å²) in [4.78, 5) is 12.2. The zero-order valence-corrected chi connectivity index (χ0v) is 13.9. The Balaban J connectivity index is 2.06. The van der Waals surface area contributed by atoms with E-state index in [4.69, 9.17) is 4.42 Å². The molecule has 1 unspecified atom stereocenters. The van der Waals surface area contributed by atoms with Gasteiger partial charge in [-0.05, 0) is 41.4 Å². The van der Waals surface area contributed by atoms with Crippen molar-refractivity contribution in [3.63, 3.8) is 0 Å². The molecule has 2 aromatic heterocycles. The van der Waals surface area contributed by atoms with Crippen molar-refractivity contribution >= 4 is 21.6 Å². The summed E-state index contributed by atoms with van der Waals surface area (Å²) in [6.07, 6.45) is 6.08. The third-order valence-electron chi connectivity index (χ3n) is 3.20. The predicted molar refractivity (Wildman–Crippen MR) is 86.6 cm³/mol. The van der Waals surface area contributed by atoms with Crippen LogP contribution in [0.15, 0.2) is 38.3 Å². The second-order valence-electron chi connectivity index (χ2n) is 5.08. The number of aryl methyl sites for hydroxylation is 1. The largest absolute Gasteiger partial charge is 0.469 e. The molecule has 0 aliphatic carbocycles. The monoisotopic (exact) mass is 353 g/mol. The van der Waals surface area contributed by atoms with Crippen molar-refractivity contribution in [3.8, 4) is 0 Å². The summed E-state index contributed by atoms with van der Waals surface area (Å²) < 4.78 is 7.35. The molecule has 6 heteroatoms. The summed E-state index contributed by atoms with van der Waals surface area (Å²) in [6.45, 7) is 4.78. The van der Waals surface area contributed by atoms with Crippen LogP contribution < -0.4 is 10.9 Å². The number of furan rings is 1. The molecule has 0 amide bonds. The molecule has 0 aliphatic heterocycles. The van der Waals surface area contributed by atoms with Crippen LogP contribution in [0.25, 0.3) is 0 Å². The molecule has 114 valence electrons. The quantitative estimate of drug-likeness (QED) is 0.828. The van der Waals surface area contributed by atoms with E-state index < -0.39 is 0 Å². The number of aromatic nitrogens is 2. The maximum absolute atomic E-state index is 12.2. The number of hydrogen-bond donors (Lipinski definition) is 1. The first-order chi connectivity index (χ1) is 10.1. The molecule has 1 N–H and O–H groups in total. The van der Waals surface area contributed by atoms with Crippen molar-refractivity contribution in [1.82, 2.24) is 9.78 Å². The summed E-state index contributed by atoms with van der Waals surface area (Å²) in [6, 6.07) is 3.95. The van der Waals surface area contributed by atoms with Crippen LogP contribution in [-0.2, 0) is 13.0 Å². The molecule has 2 aromatic rings. The lowest BCUT2D eigenvalue weighted by Gasteiger charge is -2.15. The molecule has 2 heterocycles. The molecule has 0 spiro atoms. The van der Waals surface area contributed by atoms with Gasteiger partial charge in [-0.3, -0.25) is 4.79 Å². The van der Waals surface area contributed by atoms with E-state index in [9.17, 15) is 4.79 Å². The van der Waals surface area contributed by atoms with Crippen molar-refractivity contribution in [1.29, 1.82) is 0 Å². The fraction of sp³-hybridized carbons (Fsp3) is 0.467. The van der Waals surface area contributed by atoms with Gasteiger partial charge in [-0.15, -0.1) is 0 Å². The van der Waals surface area contributed by atoms with Crippen LogP contribution in [0, 0.1) is 0 Å². The summed E-state index contributed by atoms with van der Waals surface area (Å²) in [7, 11) is 0. The lowest BCUT2D eigenvalue weighted by Crippen LogP contribution is -2.26. The van der Waals surface area contributed by atoms with E-state index in [1.165, 1.54) is 4.68 Å². The summed E-state index contributed by atoms with van der Waals surface area (Å²) in [5.41, 5.74) is 0.616. The average Bonchev–Trinajstić information content (AvgIpc) is 2.96. The normalized spacial score (nSPS) is 12.3. The fourth-order valence-electron chi connectivity index (χ4n) is 2.08. The van der Waals surface area contributed by atoms with Gasteiger partial charge in [0.1, 0.15) is 10.2 Å². The minimum absolute atomic E-state index is 0.0985. The molecule has 0 saturated carbocycles. The summed E-state index contributed by atoms with van der Waals surface area (Å²) in [5.74, 6) is 0.912. The average molecular weight is 354 g/mol. The van der Waals surface area contributed by atoms with Gasteiger partial charge in [-0.25, -0.2) is 4.68 Å². The summed E-state index contributed by atoms with van der Waals surface area (Å²) >= 11 is 3.37. The molecule has 2 rings (SSSR count). The number of rotatable bonds is 7. The molecular weight excluding hydrogens is 334 g/mol. The highest BCUT2D eigenvalue weighted by Gasteiger charge is 2.12. The molecular formula is C15H20BrN3O2. The third-order valence-corrected chi connectivity index (χ3v) is 3.96. The van der Waals surface area contributed by atoms with E-state index in [1.54, 1.807) is 12.5 Å². The number of hydrogen-bond acceptors (Lipinski definition) is 4. The van der Waals surface area contributed by atoms with Gasteiger partial charge >= 0.3 is 0 Å². The van der Waals surface area contributed by atoms with E-state index in [0.29, 0.717) is 16.7 Å². The zero-order chi connectivity index (χ0) is 15.2. The first-order valence-corrected chi connectivity index (χ1v) is 7.95. The smallest absolute Gasteiger partial charge is 0.283 e. The first-order valence-electron chi connectivity index (χ1n) is 7.16. The minimum atomic E-state index is -0.0985. The standard InChI is InChI=1S/C15H20BrN3O2/c1-3-4-7-19-15(20)14(16)13(10-17-19)18-11(2)9-12-6-5-8-21-12/h5-6,8,10-11,18H,3-4,7,9H2,1-2H3. The molecule has 0 aliphatic rings. The number of nitrogens with one attached hydrogen (secondary N) is 1. The van der Waals surface area contributed by atoms with Crippen molar-refractivity contribution in [2.24, 2.45) is 0 Å². The van der Waals surface area contributed by atoms with Crippen LogP contribution in [0.3, 0.4) is 0 Å². The number of halogens is 1. The lowest BCUT2D eigenvalue weighted by atomic mass is 10.2. The first kappa shape index (κ1) is 15.8. The van der Waals surface area contributed by atoms with E-state index in [-0.39, 0.29) is 11.6 Å². The van der Waals surface area contributed by atoms with Crippen LogP contribution in [0.4, 0.5) is 5.69 Å². The number of nitrogens with zero attached hydrogens (tertiary/aromatic N) is 2. The Morgan fingerprint density at radius 2 is 2.33 bits per heavy atom. The van der Waals surface area contributed by atoms with Gasteiger partial charge in [0.15, 0.2) is 0 Å². The van der Waals surface area contributed by atoms with Crippen molar-refractivity contribution < 1.29 is 4.42 Å². The van der Waals surface area contributed by atoms with Gasteiger partial charge in [0.2, 0.25) is 0 Å². The Morgan fingerprint density at radius 1 is 1.52 bits per heavy atom. The van der Waals surface area contributed by atoms with E-state index in [1.807, 2.05) is 19.1 Å². The van der Waals surface area contributed by atoms with Crippen molar-refractivity contribution in [2.75, 3.05) is 5.32 Å². The Hall–Kier alpha value is -1.56.